The second-order valence-corrected chi connectivity index (χ2v) is 3.35. The number of hydrogen-bond donors (Lipinski definition) is 1. The van der Waals surface area contributed by atoms with E-state index in [1.807, 2.05) is 12.1 Å². The lowest BCUT2D eigenvalue weighted by atomic mass is 10.1. The van der Waals surface area contributed by atoms with Gasteiger partial charge in [-0.2, -0.15) is 0 Å². The minimum atomic E-state index is 0.319. The number of hydrogen-bond acceptors (Lipinski definition) is 5. The van der Waals surface area contributed by atoms with E-state index >= 15 is 0 Å². The summed E-state index contributed by atoms with van der Waals surface area (Å²) in [6.45, 7) is 0.583. The lowest BCUT2D eigenvalue weighted by molar-refractivity contribution is 0.200. The lowest BCUT2D eigenvalue weighted by Crippen LogP contribution is -1.97. The molecule has 0 atom stereocenters. The van der Waals surface area contributed by atoms with Crippen molar-refractivity contribution in [2.24, 2.45) is 0 Å². The average Bonchev–Trinajstić information content (AvgIpc) is 2.69. The smallest absolute Gasteiger partial charge is 0.230 e. The normalized spacial score (nSPS) is 10.6. The summed E-state index contributed by atoms with van der Waals surface area (Å²) in [6, 6.07) is 3.77. The van der Waals surface area contributed by atoms with Gasteiger partial charge in [-0.3, -0.25) is 4.98 Å². The summed E-state index contributed by atoms with van der Waals surface area (Å²) < 4.78 is 10.00. The molecule has 0 radical (unpaired) electrons. The molecule has 2 aromatic heterocycles. The molecule has 0 saturated carbocycles. The van der Waals surface area contributed by atoms with E-state index in [0.717, 1.165) is 16.8 Å². The van der Waals surface area contributed by atoms with Crippen molar-refractivity contribution in [1.82, 2.24) is 10.1 Å². The van der Waals surface area contributed by atoms with Crippen molar-refractivity contribution in [3.63, 3.8) is 0 Å². The van der Waals surface area contributed by atoms with Gasteiger partial charge >= 0.3 is 0 Å². The zero-order valence-corrected chi connectivity index (χ0v) is 9.01. The highest BCUT2D eigenvalue weighted by molar-refractivity contribution is 5.74. The first-order valence-electron chi connectivity index (χ1n) is 4.96. The molecular formula is C11H13N3O2. The first kappa shape index (κ1) is 10.6. The third-order valence-electron chi connectivity index (χ3n) is 2.28. The van der Waals surface area contributed by atoms with Crippen LogP contribution in [0.3, 0.4) is 0 Å². The highest BCUT2D eigenvalue weighted by atomic mass is 16.5. The van der Waals surface area contributed by atoms with E-state index in [0.29, 0.717) is 18.9 Å². The highest BCUT2D eigenvalue weighted by Gasteiger charge is 2.15. The van der Waals surface area contributed by atoms with Crippen LogP contribution in [-0.2, 0) is 11.2 Å². The maximum atomic E-state index is 5.75. The third kappa shape index (κ3) is 2.04. The molecule has 0 aliphatic heterocycles. The number of nitrogens with two attached hydrogens (primary N) is 1. The van der Waals surface area contributed by atoms with Crippen LogP contribution in [0.25, 0.3) is 11.1 Å². The Balaban J connectivity index is 2.35. The van der Waals surface area contributed by atoms with Gasteiger partial charge in [-0.15, -0.1) is 0 Å². The van der Waals surface area contributed by atoms with Crippen molar-refractivity contribution in [1.29, 1.82) is 0 Å². The molecule has 0 bridgehead atoms. The summed E-state index contributed by atoms with van der Waals surface area (Å²) in [5, 5.41) is 3.92. The molecule has 16 heavy (non-hydrogen) atoms. The summed E-state index contributed by atoms with van der Waals surface area (Å²) in [4.78, 5) is 4.05. The van der Waals surface area contributed by atoms with Gasteiger partial charge in [0, 0.05) is 31.5 Å². The van der Waals surface area contributed by atoms with Crippen molar-refractivity contribution < 1.29 is 9.26 Å². The van der Waals surface area contributed by atoms with E-state index < -0.39 is 0 Å². The molecule has 2 N–H and O–H groups in total. The molecule has 0 aliphatic carbocycles. The summed E-state index contributed by atoms with van der Waals surface area (Å²) in [5.74, 6) is 0.319. The average molecular weight is 219 g/mol. The van der Waals surface area contributed by atoms with E-state index in [1.54, 1.807) is 19.5 Å². The van der Waals surface area contributed by atoms with Crippen LogP contribution in [0.4, 0.5) is 5.88 Å². The standard InChI is InChI=1S/C11H13N3O2/c1-15-6-4-9-10(11(12)16-14-9)8-3-2-5-13-7-8/h2-3,5,7H,4,6,12H2,1H3. The molecule has 5 heteroatoms. The molecule has 0 aliphatic rings. The van der Waals surface area contributed by atoms with E-state index in [2.05, 4.69) is 10.1 Å². The number of methoxy groups -OCH3 is 1. The largest absolute Gasteiger partial charge is 0.384 e. The highest BCUT2D eigenvalue weighted by Crippen LogP contribution is 2.29. The van der Waals surface area contributed by atoms with E-state index in [9.17, 15) is 0 Å². The Labute approximate surface area is 93.2 Å². The number of aromatic nitrogens is 2. The lowest BCUT2D eigenvalue weighted by Gasteiger charge is -2.01. The summed E-state index contributed by atoms with van der Waals surface area (Å²) in [7, 11) is 1.65. The fourth-order valence-corrected chi connectivity index (χ4v) is 1.53. The molecular weight excluding hydrogens is 206 g/mol. The van der Waals surface area contributed by atoms with Gasteiger partial charge in [-0.05, 0) is 6.07 Å². The molecule has 0 spiro atoms. The molecule has 0 unspecified atom stereocenters. The molecule has 0 fully saturated rings. The van der Waals surface area contributed by atoms with Crippen LogP contribution in [0, 0.1) is 0 Å². The minimum absolute atomic E-state index is 0.319. The predicted octanol–water partition coefficient (Wildman–Crippen LogP) is 1.51. The summed E-state index contributed by atoms with van der Waals surface area (Å²) in [5.41, 5.74) is 8.27. The molecule has 2 heterocycles. The second-order valence-electron chi connectivity index (χ2n) is 3.35. The van der Waals surface area contributed by atoms with E-state index in [4.69, 9.17) is 15.0 Å². The van der Waals surface area contributed by atoms with Crippen LogP contribution < -0.4 is 5.73 Å². The molecule has 5 nitrogen and oxygen atoms in total. The minimum Gasteiger partial charge on any atom is -0.384 e. The molecule has 0 amide bonds. The van der Waals surface area contributed by atoms with Crippen molar-refractivity contribution in [3.8, 4) is 11.1 Å². The van der Waals surface area contributed by atoms with Gasteiger partial charge in [0.1, 0.15) is 0 Å². The first-order valence-corrected chi connectivity index (χ1v) is 4.96. The van der Waals surface area contributed by atoms with Crippen LogP contribution in [-0.4, -0.2) is 23.9 Å². The van der Waals surface area contributed by atoms with Crippen LogP contribution in [0.15, 0.2) is 29.0 Å². The number of rotatable bonds is 4. The Morgan fingerprint density at radius 3 is 3.06 bits per heavy atom. The maximum absolute atomic E-state index is 5.75. The van der Waals surface area contributed by atoms with Crippen molar-refractivity contribution in [3.05, 3.63) is 30.2 Å². The Morgan fingerprint density at radius 1 is 1.50 bits per heavy atom. The Bertz CT molecular complexity index is 454. The summed E-state index contributed by atoms with van der Waals surface area (Å²) in [6.07, 6.45) is 4.11. The molecule has 84 valence electrons. The van der Waals surface area contributed by atoms with Crippen molar-refractivity contribution in [2.45, 2.75) is 6.42 Å². The Morgan fingerprint density at radius 2 is 2.38 bits per heavy atom. The summed E-state index contributed by atoms with van der Waals surface area (Å²) >= 11 is 0. The Hall–Kier alpha value is -1.88. The first-order chi connectivity index (χ1) is 7.83. The van der Waals surface area contributed by atoms with Crippen LogP contribution >= 0.6 is 0 Å². The van der Waals surface area contributed by atoms with Crippen molar-refractivity contribution in [2.75, 3.05) is 19.5 Å². The fraction of sp³-hybridized carbons (Fsp3) is 0.273. The number of ether oxygens (including phenoxy) is 1. The number of pyridine rings is 1. The van der Waals surface area contributed by atoms with E-state index in [-0.39, 0.29) is 0 Å². The second kappa shape index (κ2) is 4.76. The maximum Gasteiger partial charge on any atom is 0.230 e. The SMILES string of the molecule is COCCc1noc(N)c1-c1cccnc1. The van der Waals surface area contributed by atoms with Gasteiger partial charge in [0.2, 0.25) is 5.88 Å². The van der Waals surface area contributed by atoms with Crippen molar-refractivity contribution >= 4 is 5.88 Å². The predicted molar refractivity (Wildman–Crippen MR) is 59.7 cm³/mol. The van der Waals surface area contributed by atoms with Gasteiger partial charge < -0.3 is 15.0 Å². The Kier molecular flexibility index (Phi) is 3.16. The molecule has 2 rings (SSSR count). The molecule has 0 saturated heterocycles. The van der Waals surface area contributed by atoms with E-state index in [1.165, 1.54) is 0 Å². The van der Waals surface area contributed by atoms with Gasteiger partial charge in [-0.1, -0.05) is 11.2 Å². The number of nitrogens with zero attached hydrogens (tertiary/aromatic N) is 2. The van der Waals surface area contributed by atoms with Gasteiger partial charge in [0.05, 0.1) is 17.9 Å². The van der Waals surface area contributed by atoms with Gasteiger partial charge in [-0.25, -0.2) is 0 Å². The fourth-order valence-electron chi connectivity index (χ4n) is 1.53. The van der Waals surface area contributed by atoms with Gasteiger partial charge in [0.25, 0.3) is 0 Å². The zero-order valence-electron chi connectivity index (χ0n) is 9.01. The van der Waals surface area contributed by atoms with Crippen LogP contribution in [0.2, 0.25) is 0 Å². The quantitative estimate of drug-likeness (QED) is 0.843. The van der Waals surface area contributed by atoms with Crippen LogP contribution in [0.1, 0.15) is 5.69 Å². The van der Waals surface area contributed by atoms with Crippen LogP contribution in [0.5, 0.6) is 0 Å². The number of nitrogen functional groups attached to an aromatic ring is 1. The third-order valence-corrected chi connectivity index (χ3v) is 2.28. The number of anilines is 1. The molecule has 0 aromatic carbocycles. The van der Waals surface area contributed by atoms with Gasteiger partial charge in [0.15, 0.2) is 0 Å². The monoisotopic (exact) mass is 219 g/mol. The zero-order chi connectivity index (χ0) is 11.4. The topological polar surface area (TPSA) is 74.2 Å². The molecule has 2 aromatic rings.